The van der Waals surface area contributed by atoms with Crippen LogP contribution < -0.4 is 0 Å². The molecule has 1 rings (SSSR count). The Morgan fingerprint density at radius 3 is 2.73 bits per heavy atom. The number of likely N-dealkylation sites (tertiary alicyclic amines) is 1. The first-order valence-electron chi connectivity index (χ1n) is 6.08. The maximum absolute atomic E-state index is 10.9. The monoisotopic (exact) mass is 213 g/mol. The summed E-state index contributed by atoms with van der Waals surface area (Å²) >= 11 is 0. The zero-order valence-electron chi connectivity index (χ0n) is 9.91. The van der Waals surface area contributed by atoms with Gasteiger partial charge >= 0.3 is 5.97 Å². The summed E-state index contributed by atoms with van der Waals surface area (Å²) < 4.78 is 0. The van der Waals surface area contributed by atoms with Crippen LogP contribution in [-0.2, 0) is 4.79 Å². The molecule has 1 aliphatic heterocycles. The summed E-state index contributed by atoms with van der Waals surface area (Å²) in [4.78, 5) is 13.3. The number of aliphatic carboxylic acids is 1. The summed E-state index contributed by atoms with van der Waals surface area (Å²) in [6.07, 6.45) is 4.53. The molecule has 2 atom stereocenters. The van der Waals surface area contributed by atoms with Crippen LogP contribution in [0.4, 0.5) is 0 Å². The molecular formula is C12H23NO2. The van der Waals surface area contributed by atoms with E-state index >= 15 is 0 Å². The van der Waals surface area contributed by atoms with Crippen molar-refractivity contribution < 1.29 is 9.90 Å². The molecule has 0 aromatic carbocycles. The lowest BCUT2D eigenvalue weighted by molar-refractivity contribution is -0.144. The number of carbonyl (C=O) groups is 1. The van der Waals surface area contributed by atoms with Crippen molar-refractivity contribution in [2.24, 2.45) is 11.8 Å². The number of hydrogen-bond acceptors (Lipinski definition) is 2. The van der Waals surface area contributed by atoms with Crippen LogP contribution in [0.5, 0.6) is 0 Å². The van der Waals surface area contributed by atoms with Gasteiger partial charge in [0.25, 0.3) is 0 Å². The van der Waals surface area contributed by atoms with E-state index in [1.165, 1.54) is 19.3 Å². The summed E-state index contributed by atoms with van der Waals surface area (Å²) in [5.74, 6) is -0.237. The van der Waals surface area contributed by atoms with Crippen molar-refractivity contribution in [1.82, 2.24) is 4.90 Å². The summed E-state index contributed by atoms with van der Waals surface area (Å²) in [6.45, 7) is 7.25. The molecule has 0 aliphatic carbocycles. The van der Waals surface area contributed by atoms with Gasteiger partial charge in [-0.05, 0) is 25.3 Å². The molecule has 0 saturated carbocycles. The molecule has 0 amide bonds. The fourth-order valence-corrected chi connectivity index (χ4v) is 2.41. The van der Waals surface area contributed by atoms with Crippen LogP contribution in [0.3, 0.4) is 0 Å². The minimum atomic E-state index is -0.623. The van der Waals surface area contributed by atoms with Crippen LogP contribution in [0.15, 0.2) is 0 Å². The Labute approximate surface area is 92.5 Å². The van der Waals surface area contributed by atoms with Crippen molar-refractivity contribution in [1.29, 1.82) is 0 Å². The predicted octanol–water partition coefficient (Wildman–Crippen LogP) is 2.22. The standard InChI is InChI=1S/C12H23NO2/c1-3-4-5-6-13-8-10(2)7-11(9-13)12(14)15/h10-11H,3-9H2,1-2H3,(H,14,15). The van der Waals surface area contributed by atoms with Gasteiger partial charge in [-0.1, -0.05) is 26.7 Å². The molecule has 1 N–H and O–H groups in total. The molecule has 0 aromatic heterocycles. The van der Waals surface area contributed by atoms with Gasteiger partial charge in [-0.2, -0.15) is 0 Å². The second-order valence-electron chi connectivity index (χ2n) is 4.84. The Morgan fingerprint density at radius 2 is 2.13 bits per heavy atom. The highest BCUT2D eigenvalue weighted by molar-refractivity contribution is 5.70. The summed E-state index contributed by atoms with van der Waals surface area (Å²) in [6, 6.07) is 0. The van der Waals surface area contributed by atoms with Gasteiger partial charge in [0.15, 0.2) is 0 Å². The minimum absolute atomic E-state index is 0.143. The zero-order valence-corrected chi connectivity index (χ0v) is 9.91. The molecule has 3 nitrogen and oxygen atoms in total. The Morgan fingerprint density at radius 1 is 1.40 bits per heavy atom. The fourth-order valence-electron chi connectivity index (χ4n) is 2.41. The van der Waals surface area contributed by atoms with Gasteiger partial charge in [0.1, 0.15) is 0 Å². The van der Waals surface area contributed by atoms with Gasteiger partial charge in [0.2, 0.25) is 0 Å². The van der Waals surface area contributed by atoms with Gasteiger partial charge in [-0.15, -0.1) is 0 Å². The number of unbranched alkanes of at least 4 members (excludes halogenated alkanes) is 2. The highest BCUT2D eigenvalue weighted by Gasteiger charge is 2.28. The lowest BCUT2D eigenvalue weighted by Gasteiger charge is -2.34. The molecule has 1 heterocycles. The fraction of sp³-hybridized carbons (Fsp3) is 0.917. The van der Waals surface area contributed by atoms with E-state index in [1.807, 2.05) is 0 Å². The topological polar surface area (TPSA) is 40.5 Å². The molecular weight excluding hydrogens is 190 g/mol. The van der Waals surface area contributed by atoms with Crippen LogP contribution in [0.25, 0.3) is 0 Å². The summed E-state index contributed by atoms with van der Waals surface area (Å²) in [5.41, 5.74) is 0. The molecule has 0 bridgehead atoms. The van der Waals surface area contributed by atoms with Crippen LogP contribution in [0, 0.1) is 11.8 Å². The molecule has 1 fully saturated rings. The van der Waals surface area contributed by atoms with Crippen LogP contribution >= 0.6 is 0 Å². The molecule has 15 heavy (non-hydrogen) atoms. The predicted molar refractivity (Wildman–Crippen MR) is 60.9 cm³/mol. The third-order valence-corrected chi connectivity index (χ3v) is 3.16. The second-order valence-corrected chi connectivity index (χ2v) is 4.84. The van der Waals surface area contributed by atoms with E-state index in [9.17, 15) is 4.79 Å². The van der Waals surface area contributed by atoms with E-state index in [-0.39, 0.29) is 5.92 Å². The Kier molecular flexibility index (Phi) is 5.09. The summed E-state index contributed by atoms with van der Waals surface area (Å²) in [7, 11) is 0. The largest absolute Gasteiger partial charge is 0.481 e. The zero-order chi connectivity index (χ0) is 11.3. The molecule has 1 saturated heterocycles. The lowest BCUT2D eigenvalue weighted by Crippen LogP contribution is -2.42. The van der Waals surface area contributed by atoms with E-state index < -0.39 is 5.97 Å². The quantitative estimate of drug-likeness (QED) is 0.712. The SMILES string of the molecule is CCCCCN1CC(C)CC(C(=O)O)C1. The number of hydrogen-bond donors (Lipinski definition) is 1. The smallest absolute Gasteiger partial charge is 0.307 e. The van der Waals surface area contributed by atoms with Gasteiger partial charge in [0.05, 0.1) is 5.92 Å². The third kappa shape index (κ3) is 4.20. The van der Waals surface area contributed by atoms with Crippen molar-refractivity contribution in [3.05, 3.63) is 0 Å². The van der Waals surface area contributed by atoms with Gasteiger partial charge < -0.3 is 10.0 Å². The number of nitrogens with zero attached hydrogens (tertiary/aromatic N) is 1. The Balaban J connectivity index is 2.34. The van der Waals surface area contributed by atoms with E-state index in [0.29, 0.717) is 5.92 Å². The molecule has 2 unspecified atom stereocenters. The first-order valence-corrected chi connectivity index (χ1v) is 6.08. The second kappa shape index (κ2) is 6.11. The minimum Gasteiger partial charge on any atom is -0.481 e. The number of carboxylic acid groups (broad SMARTS) is 1. The van der Waals surface area contributed by atoms with Crippen molar-refractivity contribution >= 4 is 5.97 Å². The van der Waals surface area contributed by atoms with Crippen LogP contribution in [0.2, 0.25) is 0 Å². The van der Waals surface area contributed by atoms with Gasteiger partial charge in [-0.25, -0.2) is 0 Å². The van der Waals surface area contributed by atoms with Gasteiger partial charge in [-0.3, -0.25) is 4.79 Å². The number of piperidine rings is 1. The normalized spacial score (nSPS) is 27.9. The molecule has 3 heteroatoms. The summed E-state index contributed by atoms with van der Waals surface area (Å²) in [5, 5.41) is 9.02. The van der Waals surface area contributed by atoms with Crippen molar-refractivity contribution in [3.8, 4) is 0 Å². The average molecular weight is 213 g/mol. The number of rotatable bonds is 5. The van der Waals surface area contributed by atoms with E-state index in [4.69, 9.17) is 5.11 Å². The maximum atomic E-state index is 10.9. The Hall–Kier alpha value is -0.570. The highest BCUT2D eigenvalue weighted by Crippen LogP contribution is 2.21. The van der Waals surface area contributed by atoms with E-state index in [0.717, 1.165) is 26.1 Å². The maximum Gasteiger partial charge on any atom is 0.307 e. The highest BCUT2D eigenvalue weighted by atomic mass is 16.4. The molecule has 88 valence electrons. The van der Waals surface area contributed by atoms with Crippen molar-refractivity contribution in [2.75, 3.05) is 19.6 Å². The first kappa shape index (κ1) is 12.5. The molecule has 0 radical (unpaired) electrons. The molecule has 0 spiro atoms. The van der Waals surface area contributed by atoms with E-state index in [2.05, 4.69) is 18.7 Å². The third-order valence-electron chi connectivity index (χ3n) is 3.16. The van der Waals surface area contributed by atoms with Crippen molar-refractivity contribution in [2.45, 2.75) is 39.5 Å². The van der Waals surface area contributed by atoms with Crippen molar-refractivity contribution in [3.63, 3.8) is 0 Å². The Bertz CT molecular complexity index is 206. The lowest BCUT2D eigenvalue weighted by atomic mass is 9.90. The van der Waals surface area contributed by atoms with Crippen LogP contribution in [-0.4, -0.2) is 35.6 Å². The first-order chi connectivity index (χ1) is 7.13. The van der Waals surface area contributed by atoms with Crippen LogP contribution in [0.1, 0.15) is 39.5 Å². The van der Waals surface area contributed by atoms with Gasteiger partial charge in [0, 0.05) is 13.1 Å². The number of carboxylic acids is 1. The molecule has 0 aromatic rings. The molecule has 1 aliphatic rings. The van der Waals surface area contributed by atoms with E-state index in [1.54, 1.807) is 0 Å². The average Bonchev–Trinajstić information content (AvgIpc) is 2.17.